The summed E-state index contributed by atoms with van der Waals surface area (Å²) in [6, 6.07) is 2.22. The van der Waals surface area contributed by atoms with Gasteiger partial charge < -0.3 is 5.73 Å². The van der Waals surface area contributed by atoms with Crippen LogP contribution in [-0.4, -0.2) is 0 Å². The Labute approximate surface area is 102 Å². The minimum atomic E-state index is 0.00373. The molecule has 2 aliphatic rings. The molecular weight excluding hydrogens is 214 g/mol. The zero-order valence-corrected chi connectivity index (χ0v) is 10.9. The second-order valence-electron chi connectivity index (χ2n) is 5.78. The first-order valence-electron chi connectivity index (χ1n) is 6.52. The van der Waals surface area contributed by atoms with Gasteiger partial charge in [0, 0.05) is 4.88 Å². The molecule has 1 aromatic heterocycles. The van der Waals surface area contributed by atoms with E-state index in [4.69, 9.17) is 5.73 Å². The lowest BCUT2D eigenvalue weighted by atomic mass is 9.73. The summed E-state index contributed by atoms with van der Waals surface area (Å²) < 4.78 is 0. The molecule has 0 radical (unpaired) electrons. The number of hydrogen-bond donors (Lipinski definition) is 1. The first kappa shape index (κ1) is 10.8. The Bertz CT molecular complexity index is 380. The first-order chi connectivity index (χ1) is 7.69. The van der Waals surface area contributed by atoms with Crippen molar-refractivity contribution in [2.24, 2.45) is 17.6 Å². The summed E-state index contributed by atoms with van der Waals surface area (Å²) in [6.45, 7) is 2.21. The first-order valence-corrected chi connectivity index (χ1v) is 7.40. The third-order valence-electron chi connectivity index (χ3n) is 4.43. The highest BCUT2D eigenvalue weighted by Crippen LogP contribution is 2.49. The molecule has 2 heteroatoms. The normalized spacial score (nSPS) is 35.2. The van der Waals surface area contributed by atoms with Gasteiger partial charge in [-0.25, -0.2) is 0 Å². The van der Waals surface area contributed by atoms with Crippen molar-refractivity contribution in [1.29, 1.82) is 0 Å². The number of hydrogen-bond acceptors (Lipinski definition) is 2. The second-order valence-corrected chi connectivity index (χ2v) is 6.70. The predicted octanol–water partition coefficient (Wildman–Crippen LogP) is 3.81. The van der Waals surface area contributed by atoms with Crippen LogP contribution >= 0.6 is 11.3 Å². The van der Waals surface area contributed by atoms with Gasteiger partial charge in [0.2, 0.25) is 0 Å². The molecule has 0 spiro atoms. The monoisotopic (exact) mass is 235 g/mol. The molecule has 1 nitrogen and oxygen atoms in total. The SMILES string of the molecule is Cc1ccsc1C1(N)CCCC(C2CC2)C1. The molecule has 0 amide bonds. The molecule has 88 valence electrons. The fourth-order valence-electron chi connectivity index (χ4n) is 3.41. The van der Waals surface area contributed by atoms with Crippen molar-refractivity contribution in [3.63, 3.8) is 0 Å². The largest absolute Gasteiger partial charge is 0.321 e. The molecule has 2 unspecified atom stereocenters. The second kappa shape index (κ2) is 3.85. The van der Waals surface area contributed by atoms with Crippen LogP contribution in [0.1, 0.15) is 49.0 Å². The summed E-state index contributed by atoms with van der Waals surface area (Å²) in [5.41, 5.74) is 8.10. The van der Waals surface area contributed by atoms with Crippen molar-refractivity contribution in [2.45, 2.75) is 51.0 Å². The molecule has 3 rings (SSSR count). The topological polar surface area (TPSA) is 26.0 Å². The van der Waals surface area contributed by atoms with E-state index in [1.54, 1.807) is 0 Å². The van der Waals surface area contributed by atoms with E-state index in [9.17, 15) is 0 Å². The molecular formula is C14H21NS. The minimum Gasteiger partial charge on any atom is -0.321 e. The van der Waals surface area contributed by atoms with Crippen molar-refractivity contribution in [1.82, 2.24) is 0 Å². The van der Waals surface area contributed by atoms with Crippen LogP contribution in [0.5, 0.6) is 0 Å². The van der Waals surface area contributed by atoms with Gasteiger partial charge in [-0.3, -0.25) is 0 Å². The molecule has 1 aromatic rings. The van der Waals surface area contributed by atoms with Crippen molar-refractivity contribution in [3.8, 4) is 0 Å². The van der Waals surface area contributed by atoms with Gasteiger partial charge in [0.05, 0.1) is 5.54 Å². The van der Waals surface area contributed by atoms with Crippen molar-refractivity contribution < 1.29 is 0 Å². The molecule has 2 atom stereocenters. The fourth-order valence-corrected chi connectivity index (χ4v) is 4.49. The van der Waals surface area contributed by atoms with Crippen molar-refractivity contribution >= 4 is 11.3 Å². The van der Waals surface area contributed by atoms with Crippen molar-refractivity contribution in [3.05, 3.63) is 21.9 Å². The van der Waals surface area contributed by atoms with Crippen LogP contribution in [0.2, 0.25) is 0 Å². The van der Waals surface area contributed by atoms with Gasteiger partial charge in [-0.05, 0) is 61.5 Å². The molecule has 0 bridgehead atoms. The molecule has 0 saturated heterocycles. The number of rotatable bonds is 2. The highest BCUT2D eigenvalue weighted by molar-refractivity contribution is 7.10. The maximum absolute atomic E-state index is 6.69. The van der Waals surface area contributed by atoms with Crippen molar-refractivity contribution in [2.75, 3.05) is 0 Å². The number of thiophene rings is 1. The molecule has 2 N–H and O–H groups in total. The lowest BCUT2D eigenvalue weighted by molar-refractivity contribution is 0.209. The van der Waals surface area contributed by atoms with E-state index in [0.29, 0.717) is 0 Å². The summed E-state index contributed by atoms with van der Waals surface area (Å²) in [6.07, 6.45) is 8.11. The molecule has 0 aliphatic heterocycles. The van der Waals surface area contributed by atoms with Gasteiger partial charge in [-0.2, -0.15) is 0 Å². The average molecular weight is 235 g/mol. The average Bonchev–Trinajstić information content (AvgIpc) is 3.01. The molecule has 2 fully saturated rings. The number of nitrogens with two attached hydrogens (primary N) is 1. The van der Waals surface area contributed by atoms with Crippen LogP contribution < -0.4 is 5.73 Å². The summed E-state index contributed by atoms with van der Waals surface area (Å²) in [4.78, 5) is 1.46. The third-order valence-corrected chi connectivity index (χ3v) is 5.66. The zero-order chi connectivity index (χ0) is 11.2. The fraction of sp³-hybridized carbons (Fsp3) is 0.714. The van der Waals surface area contributed by atoms with Gasteiger partial charge in [0.1, 0.15) is 0 Å². The minimum absolute atomic E-state index is 0.00373. The Morgan fingerprint density at radius 2 is 2.12 bits per heavy atom. The van der Waals surface area contributed by atoms with Crippen LogP contribution in [-0.2, 0) is 5.54 Å². The van der Waals surface area contributed by atoms with Gasteiger partial charge >= 0.3 is 0 Å². The number of aryl methyl sites for hydroxylation is 1. The Kier molecular flexibility index (Phi) is 2.60. The zero-order valence-electron chi connectivity index (χ0n) is 10.0. The molecule has 0 aromatic carbocycles. The Morgan fingerprint density at radius 1 is 1.31 bits per heavy atom. The van der Waals surface area contributed by atoms with E-state index < -0.39 is 0 Å². The van der Waals surface area contributed by atoms with Gasteiger partial charge in [0.15, 0.2) is 0 Å². The van der Waals surface area contributed by atoms with Gasteiger partial charge in [0.25, 0.3) is 0 Å². The summed E-state index contributed by atoms with van der Waals surface area (Å²) >= 11 is 1.86. The molecule has 1 heterocycles. The summed E-state index contributed by atoms with van der Waals surface area (Å²) in [5.74, 6) is 1.93. The van der Waals surface area contributed by atoms with Crippen LogP contribution in [0, 0.1) is 18.8 Å². The summed E-state index contributed by atoms with van der Waals surface area (Å²) in [7, 11) is 0. The van der Waals surface area contributed by atoms with Crippen LogP contribution in [0.25, 0.3) is 0 Å². The highest BCUT2D eigenvalue weighted by Gasteiger charge is 2.41. The predicted molar refractivity (Wildman–Crippen MR) is 69.6 cm³/mol. The Hall–Kier alpha value is -0.340. The molecule has 2 aliphatic carbocycles. The van der Waals surface area contributed by atoms with Crippen LogP contribution in [0.4, 0.5) is 0 Å². The Balaban J connectivity index is 1.83. The maximum Gasteiger partial charge on any atom is 0.0509 e. The van der Waals surface area contributed by atoms with E-state index in [2.05, 4.69) is 18.4 Å². The van der Waals surface area contributed by atoms with E-state index in [-0.39, 0.29) is 5.54 Å². The smallest absolute Gasteiger partial charge is 0.0509 e. The lowest BCUT2D eigenvalue weighted by Crippen LogP contribution is -2.41. The van der Waals surface area contributed by atoms with Gasteiger partial charge in [-0.15, -0.1) is 11.3 Å². The lowest BCUT2D eigenvalue weighted by Gasteiger charge is -2.38. The van der Waals surface area contributed by atoms with E-state index >= 15 is 0 Å². The van der Waals surface area contributed by atoms with E-state index in [0.717, 1.165) is 11.8 Å². The van der Waals surface area contributed by atoms with E-state index in [1.807, 2.05) is 11.3 Å². The standard InChI is InChI=1S/C14H21NS/c1-10-6-8-16-13(10)14(15)7-2-3-12(9-14)11-4-5-11/h6,8,11-12H,2-5,7,9,15H2,1H3. The maximum atomic E-state index is 6.69. The van der Waals surface area contributed by atoms with Gasteiger partial charge in [-0.1, -0.05) is 12.8 Å². The molecule has 2 saturated carbocycles. The van der Waals surface area contributed by atoms with E-state index in [1.165, 1.54) is 49.0 Å². The highest BCUT2D eigenvalue weighted by atomic mass is 32.1. The third kappa shape index (κ3) is 1.82. The van der Waals surface area contributed by atoms with Crippen LogP contribution in [0.15, 0.2) is 11.4 Å². The van der Waals surface area contributed by atoms with Crippen LogP contribution in [0.3, 0.4) is 0 Å². The summed E-state index contributed by atoms with van der Waals surface area (Å²) in [5, 5.41) is 2.19. The molecule has 16 heavy (non-hydrogen) atoms. The quantitative estimate of drug-likeness (QED) is 0.828. The Morgan fingerprint density at radius 3 is 2.75 bits per heavy atom.